The van der Waals surface area contributed by atoms with E-state index in [1.54, 1.807) is 0 Å². The molecule has 0 spiro atoms. The number of fused-ring (bicyclic) bond motifs is 1. The summed E-state index contributed by atoms with van der Waals surface area (Å²) in [6.07, 6.45) is 7.15. The molecule has 2 amide bonds. The van der Waals surface area contributed by atoms with Crippen molar-refractivity contribution in [2.45, 2.75) is 83.5 Å². The SMILES string of the molecule is CCN(CC)C(=O)[C@@H]1CC[C@@H](NC(=O)C2CCC3NNC(c4ccnc(C)c4)C3C2)CN1CCc1ccccc1. The van der Waals surface area contributed by atoms with Gasteiger partial charge in [0, 0.05) is 56.1 Å². The minimum Gasteiger partial charge on any atom is -0.352 e. The number of carbonyl (C=O) groups is 2. The molecule has 3 fully saturated rings. The Kier molecular flexibility index (Phi) is 9.50. The third-order valence-corrected chi connectivity index (χ3v) is 9.32. The van der Waals surface area contributed by atoms with Gasteiger partial charge in [-0.15, -0.1) is 0 Å². The number of carbonyl (C=O) groups excluding carboxylic acids is 2. The van der Waals surface area contributed by atoms with E-state index in [4.69, 9.17) is 0 Å². The molecule has 8 nitrogen and oxygen atoms in total. The molecule has 4 unspecified atom stereocenters. The average Bonchev–Trinajstić information content (AvgIpc) is 3.41. The van der Waals surface area contributed by atoms with Gasteiger partial charge in [0.1, 0.15) is 0 Å². The topological polar surface area (TPSA) is 89.6 Å². The highest BCUT2D eigenvalue weighted by molar-refractivity contribution is 5.82. The first-order valence-electron chi connectivity index (χ1n) is 15.3. The van der Waals surface area contributed by atoms with E-state index >= 15 is 0 Å². The van der Waals surface area contributed by atoms with Crippen molar-refractivity contribution in [2.75, 3.05) is 26.2 Å². The predicted molar refractivity (Wildman–Crippen MR) is 157 cm³/mol. The lowest BCUT2D eigenvalue weighted by molar-refractivity contribution is -0.138. The lowest BCUT2D eigenvalue weighted by Gasteiger charge is -2.41. The molecule has 3 heterocycles. The molecule has 0 radical (unpaired) electrons. The Hall–Kier alpha value is -2.81. The van der Waals surface area contributed by atoms with Crippen LogP contribution in [0.1, 0.15) is 68.8 Å². The van der Waals surface area contributed by atoms with Crippen molar-refractivity contribution in [3.8, 4) is 0 Å². The number of amides is 2. The summed E-state index contributed by atoms with van der Waals surface area (Å²) in [5.41, 5.74) is 10.5. The fourth-order valence-corrected chi connectivity index (χ4v) is 7.06. The van der Waals surface area contributed by atoms with E-state index in [-0.39, 0.29) is 35.9 Å². The van der Waals surface area contributed by atoms with Crippen molar-refractivity contribution in [3.63, 3.8) is 0 Å². The van der Waals surface area contributed by atoms with E-state index in [2.05, 4.69) is 62.5 Å². The second-order valence-corrected chi connectivity index (χ2v) is 11.8. The first-order chi connectivity index (χ1) is 19.5. The van der Waals surface area contributed by atoms with Gasteiger partial charge in [0.25, 0.3) is 0 Å². The zero-order valence-corrected chi connectivity index (χ0v) is 24.3. The normalized spacial score (nSPS) is 28.6. The fraction of sp³-hybridized carbons (Fsp3) is 0.594. The molecule has 2 saturated heterocycles. The maximum absolute atomic E-state index is 13.6. The number of nitrogens with one attached hydrogen (secondary N) is 3. The Balaban J connectivity index is 1.22. The predicted octanol–water partition coefficient (Wildman–Crippen LogP) is 3.38. The molecular formula is C32H46N6O2. The van der Waals surface area contributed by atoms with Crippen LogP contribution in [0.4, 0.5) is 0 Å². The third kappa shape index (κ3) is 6.56. The van der Waals surface area contributed by atoms with E-state index in [1.807, 2.05) is 37.9 Å². The van der Waals surface area contributed by atoms with Crippen molar-refractivity contribution >= 4 is 11.8 Å². The van der Waals surface area contributed by atoms with Crippen LogP contribution < -0.4 is 16.2 Å². The van der Waals surface area contributed by atoms with Crippen LogP contribution in [-0.4, -0.2) is 70.9 Å². The first kappa shape index (κ1) is 28.7. The molecule has 2 aromatic rings. The van der Waals surface area contributed by atoms with Crippen LogP contribution in [0.5, 0.6) is 0 Å². The van der Waals surface area contributed by atoms with Gasteiger partial charge in [0.2, 0.25) is 11.8 Å². The molecule has 40 heavy (non-hydrogen) atoms. The summed E-state index contributed by atoms with van der Waals surface area (Å²) in [6.45, 7) is 9.10. The van der Waals surface area contributed by atoms with Crippen LogP contribution in [0, 0.1) is 18.8 Å². The van der Waals surface area contributed by atoms with E-state index in [0.717, 1.165) is 70.4 Å². The molecule has 3 N–H and O–H groups in total. The van der Waals surface area contributed by atoms with Gasteiger partial charge in [-0.2, -0.15) is 0 Å². The summed E-state index contributed by atoms with van der Waals surface area (Å²) in [7, 11) is 0. The number of hydrazine groups is 1. The summed E-state index contributed by atoms with van der Waals surface area (Å²) < 4.78 is 0. The molecule has 0 bridgehead atoms. The second-order valence-electron chi connectivity index (χ2n) is 11.8. The zero-order chi connectivity index (χ0) is 28.1. The summed E-state index contributed by atoms with van der Waals surface area (Å²) in [4.78, 5) is 35.6. The van der Waals surface area contributed by atoms with E-state index in [1.165, 1.54) is 11.1 Å². The van der Waals surface area contributed by atoms with E-state index in [0.29, 0.717) is 12.0 Å². The molecule has 1 aliphatic carbocycles. The number of pyridine rings is 1. The Morgan fingerprint density at radius 2 is 1.85 bits per heavy atom. The monoisotopic (exact) mass is 546 g/mol. The number of hydrogen-bond acceptors (Lipinski definition) is 6. The van der Waals surface area contributed by atoms with Crippen LogP contribution in [0.25, 0.3) is 0 Å². The zero-order valence-electron chi connectivity index (χ0n) is 24.3. The lowest BCUT2D eigenvalue weighted by atomic mass is 9.74. The number of likely N-dealkylation sites (N-methyl/N-ethyl adjacent to an activating group) is 1. The smallest absolute Gasteiger partial charge is 0.239 e. The van der Waals surface area contributed by atoms with Crippen LogP contribution in [0.3, 0.4) is 0 Å². The Morgan fingerprint density at radius 1 is 1.05 bits per heavy atom. The second kappa shape index (κ2) is 13.2. The number of aromatic nitrogens is 1. The summed E-state index contributed by atoms with van der Waals surface area (Å²) in [6, 6.07) is 15.2. The maximum atomic E-state index is 13.6. The fourth-order valence-electron chi connectivity index (χ4n) is 7.06. The number of piperidine rings is 1. The number of likely N-dealkylation sites (tertiary alicyclic amines) is 1. The number of rotatable bonds is 9. The van der Waals surface area contributed by atoms with Gasteiger partial charge in [-0.25, -0.2) is 5.43 Å². The molecular weight excluding hydrogens is 500 g/mol. The minimum atomic E-state index is -0.118. The van der Waals surface area contributed by atoms with Crippen LogP contribution in [0.2, 0.25) is 0 Å². The van der Waals surface area contributed by atoms with Gasteiger partial charge >= 0.3 is 0 Å². The molecule has 1 aromatic carbocycles. The molecule has 5 rings (SSSR count). The molecule has 3 aliphatic rings. The third-order valence-electron chi connectivity index (χ3n) is 9.32. The van der Waals surface area contributed by atoms with Gasteiger partial charge < -0.3 is 10.2 Å². The average molecular weight is 547 g/mol. The highest BCUT2D eigenvalue weighted by Crippen LogP contribution is 2.40. The summed E-state index contributed by atoms with van der Waals surface area (Å²) >= 11 is 0. The molecule has 6 atom stereocenters. The number of benzene rings is 1. The number of hydrogen-bond donors (Lipinski definition) is 3. The highest BCUT2D eigenvalue weighted by Gasteiger charge is 2.43. The van der Waals surface area contributed by atoms with Gasteiger partial charge in [0.05, 0.1) is 12.1 Å². The largest absolute Gasteiger partial charge is 0.352 e. The molecule has 1 aromatic heterocycles. The first-order valence-corrected chi connectivity index (χ1v) is 15.3. The Morgan fingerprint density at radius 3 is 2.60 bits per heavy atom. The van der Waals surface area contributed by atoms with Crippen molar-refractivity contribution in [1.29, 1.82) is 0 Å². The van der Waals surface area contributed by atoms with Crippen LogP contribution in [0.15, 0.2) is 48.7 Å². The minimum absolute atomic E-state index is 0.0150. The van der Waals surface area contributed by atoms with Crippen LogP contribution in [-0.2, 0) is 16.0 Å². The standard InChI is InChI=1S/C32H46N6O2/c1-4-37(5-2)32(40)29-14-12-26(21-38(29)18-16-23-9-7-6-8-10-23)34-31(39)25-11-13-28-27(20-25)30(36-35-28)24-15-17-33-22(3)19-24/h6-10,15,17,19,25-30,35-36H,4-5,11-14,16,18,20-21H2,1-3H3,(H,34,39)/t25?,26-,27?,28?,29+,30?/m1/s1. The maximum Gasteiger partial charge on any atom is 0.239 e. The summed E-state index contributed by atoms with van der Waals surface area (Å²) in [5.74, 6) is 0.786. The Bertz CT molecular complexity index is 1140. The van der Waals surface area contributed by atoms with E-state index < -0.39 is 0 Å². The van der Waals surface area contributed by atoms with Gasteiger partial charge in [-0.3, -0.25) is 24.9 Å². The summed E-state index contributed by atoms with van der Waals surface area (Å²) in [5, 5.41) is 3.42. The molecule has 216 valence electrons. The molecule has 2 aliphatic heterocycles. The lowest BCUT2D eigenvalue weighted by Crippen LogP contribution is -2.58. The molecule has 1 saturated carbocycles. The van der Waals surface area contributed by atoms with Gasteiger partial charge in [-0.1, -0.05) is 30.3 Å². The molecule has 8 heteroatoms. The van der Waals surface area contributed by atoms with Crippen molar-refractivity contribution in [1.82, 2.24) is 31.0 Å². The Labute approximate surface area is 239 Å². The van der Waals surface area contributed by atoms with Crippen molar-refractivity contribution in [3.05, 3.63) is 65.5 Å². The van der Waals surface area contributed by atoms with E-state index in [9.17, 15) is 9.59 Å². The number of nitrogens with zero attached hydrogens (tertiary/aromatic N) is 3. The van der Waals surface area contributed by atoms with Crippen molar-refractivity contribution < 1.29 is 9.59 Å². The quantitative estimate of drug-likeness (QED) is 0.447. The van der Waals surface area contributed by atoms with Gasteiger partial charge in [0.15, 0.2) is 0 Å². The highest BCUT2D eigenvalue weighted by atomic mass is 16.2. The van der Waals surface area contributed by atoms with Crippen LogP contribution >= 0.6 is 0 Å². The van der Waals surface area contributed by atoms with Gasteiger partial charge in [-0.05, 0) is 88.5 Å². The number of aryl methyl sites for hydroxylation is 1. The van der Waals surface area contributed by atoms with Crippen molar-refractivity contribution in [2.24, 2.45) is 11.8 Å².